The molecule has 8 nitrogen and oxygen atoms in total. The first-order chi connectivity index (χ1) is 36.9. The number of carbonyl (C=O) groups excluding carboxylic acids is 2. The van der Waals surface area contributed by atoms with E-state index < -0.39 is 41.0 Å². The van der Waals surface area contributed by atoms with Gasteiger partial charge >= 0.3 is 29.9 Å². The third-order valence-electron chi connectivity index (χ3n) is 13.4. The summed E-state index contributed by atoms with van der Waals surface area (Å²) in [5, 5.41) is 21.1. The van der Waals surface area contributed by atoms with Gasteiger partial charge in [0.1, 0.15) is 0 Å². The van der Waals surface area contributed by atoms with Gasteiger partial charge in [-0.05, 0) is 126 Å². The first kappa shape index (κ1) is 60.5. The Morgan fingerprint density at radius 2 is 1.06 bits per heavy atom. The largest absolute Gasteiger partial charge is 0.474 e. The van der Waals surface area contributed by atoms with Crippen molar-refractivity contribution in [2.75, 3.05) is 0 Å². The lowest BCUT2D eigenvalue weighted by Crippen LogP contribution is -2.48. The van der Waals surface area contributed by atoms with E-state index in [-0.39, 0.29) is 19.6 Å². The number of benzene rings is 6. The van der Waals surface area contributed by atoms with Gasteiger partial charge in [0.05, 0.1) is 11.1 Å². The lowest BCUT2D eigenvalue weighted by Gasteiger charge is -2.38. The number of alkyl halides is 3. The molecule has 12 heteroatoms. The Kier molecular flexibility index (Phi) is 23.9. The minimum absolute atomic E-state index is 0.0152. The second-order valence-corrected chi connectivity index (χ2v) is 20.2. The molecule has 0 aromatic heterocycles. The zero-order valence-electron chi connectivity index (χ0n) is 44.7. The van der Waals surface area contributed by atoms with Gasteiger partial charge < -0.3 is 20.0 Å². The van der Waals surface area contributed by atoms with Crippen LogP contribution < -0.4 is 0 Å². The van der Waals surface area contributed by atoms with Crippen molar-refractivity contribution in [2.45, 2.75) is 149 Å². The molecule has 0 bridgehead atoms. The summed E-state index contributed by atoms with van der Waals surface area (Å²) in [5.41, 5.74) is 5.00. The molecule has 0 heterocycles. The molecule has 6 aromatic carbocycles. The van der Waals surface area contributed by atoms with Gasteiger partial charge in [0.25, 0.3) is 0 Å². The molecule has 2 amide bonds. The molecule has 0 fully saturated rings. The minimum atomic E-state index is -4.48. The van der Waals surface area contributed by atoms with Crippen molar-refractivity contribution in [3.8, 4) is 23.7 Å². The zero-order valence-corrected chi connectivity index (χ0v) is 45.4. The van der Waals surface area contributed by atoms with E-state index >= 15 is 0 Å². The predicted octanol–water partition coefficient (Wildman–Crippen LogP) is 15.6. The van der Waals surface area contributed by atoms with Crippen molar-refractivity contribution in [1.29, 1.82) is 0 Å². The number of fused-ring (bicyclic) bond motifs is 1. The molecule has 77 heavy (non-hydrogen) atoms. The molecule has 6 rings (SSSR count). The molecule has 6 aromatic rings. The highest BCUT2D eigenvalue weighted by Gasteiger charge is 2.36. The number of rotatable bonds is 21. The maximum atomic E-state index is 12.9. The van der Waals surface area contributed by atoms with E-state index in [4.69, 9.17) is 11.6 Å². The summed E-state index contributed by atoms with van der Waals surface area (Å²) in [7, 11) is 0. The van der Waals surface area contributed by atoms with E-state index in [0.717, 1.165) is 80.4 Å². The Bertz CT molecular complexity index is 3020. The van der Waals surface area contributed by atoms with Crippen LogP contribution in [-0.4, -0.2) is 43.8 Å². The Hall–Kier alpha value is -7.34. The van der Waals surface area contributed by atoms with E-state index in [0.29, 0.717) is 10.6 Å². The number of unbranched alkanes of at least 4 members (excludes halogenated alkanes) is 11. The van der Waals surface area contributed by atoms with Crippen LogP contribution in [0, 0.1) is 23.7 Å². The summed E-state index contributed by atoms with van der Waals surface area (Å²) in [6.07, 6.45) is 12.4. The molecule has 0 aliphatic rings. The molecular formula is C65H70ClF3N2O6. The number of nitrogens with zero attached hydrogens (tertiary/aromatic N) is 2. The van der Waals surface area contributed by atoms with Gasteiger partial charge in [0.15, 0.2) is 0 Å². The molecule has 0 radical (unpaired) electrons. The van der Waals surface area contributed by atoms with E-state index in [9.17, 15) is 42.6 Å². The number of aliphatic carboxylic acids is 2. The summed E-state index contributed by atoms with van der Waals surface area (Å²) in [6, 6.07) is 38.7. The van der Waals surface area contributed by atoms with Crippen molar-refractivity contribution in [1.82, 2.24) is 9.80 Å². The van der Waals surface area contributed by atoms with Crippen molar-refractivity contribution in [3.63, 3.8) is 0 Å². The number of halogens is 4. The highest BCUT2D eigenvalue weighted by molar-refractivity contribution is 6.32. The summed E-state index contributed by atoms with van der Waals surface area (Å²) in [6.45, 7) is 8.05. The van der Waals surface area contributed by atoms with Gasteiger partial charge in [0.2, 0.25) is 0 Å². The standard InChI is InChI=1S/C33H36F3NO3.C32H34ClNO3/c1-2-3-4-5-6-7-8-9-10-11-14-26-19-20-27(30-16-13-12-15-29(26)30)24-37(31(38)32(39)40)23-25-17-21-28(22-18-25)33(34,35)36;1-4-5-6-7-9-24-12-14-25(15-13-24)16-17-26-18-20-27(21-19-26)23-34(30(35)31(36)37)32(2,3)28-10-8-11-29(33)22-28/h12-13,15-22H,2-10,23-24H2,1H3,(H,39,40);8,10-15,18-22H,4-7,9,23H2,1-3H3,(H,36,37). The normalized spacial score (nSPS) is 11.1. The number of carboxylic acids is 2. The SMILES string of the molecule is CCCCCCCCCCC#Cc1ccc(CN(Cc2ccc(C(F)(F)F)cc2)C(=O)C(=O)O)c2ccccc12.CCCCCCc1ccc(C#Cc2ccc(CN(C(=O)C(=O)O)C(C)(C)c3cccc(Cl)c3)cc2)cc1. The molecule has 0 saturated carbocycles. The average Bonchev–Trinajstić information content (AvgIpc) is 3.41. The monoisotopic (exact) mass is 1070 g/mol. The average molecular weight is 1070 g/mol. The molecule has 0 aliphatic heterocycles. The third-order valence-corrected chi connectivity index (χ3v) is 13.7. The first-order valence-corrected chi connectivity index (χ1v) is 27.0. The Balaban J connectivity index is 0.000000285. The van der Waals surface area contributed by atoms with E-state index in [2.05, 4.69) is 61.8 Å². The molecule has 0 aliphatic carbocycles. The number of carboxylic acid groups (broad SMARTS) is 2. The van der Waals surface area contributed by atoms with Crippen molar-refractivity contribution in [3.05, 3.63) is 189 Å². The molecule has 0 spiro atoms. The van der Waals surface area contributed by atoms with Crippen LogP contribution in [-0.2, 0) is 56.9 Å². The van der Waals surface area contributed by atoms with Crippen LogP contribution in [0.15, 0.2) is 133 Å². The lowest BCUT2D eigenvalue weighted by molar-refractivity contribution is -0.159. The predicted molar refractivity (Wildman–Crippen MR) is 301 cm³/mol. The Morgan fingerprint density at radius 1 is 0.532 bits per heavy atom. The minimum Gasteiger partial charge on any atom is -0.474 e. The lowest BCUT2D eigenvalue weighted by atomic mass is 9.91. The number of hydrogen-bond donors (Lipinski definition) is 2. The van der Waals surface area contributed by atoms with Crippen LogP contribution in [0.4, 0.5) is 13.2 Å². The van der Waals surface area contributed by atoms with Crippen molar-refractivity contribution in [2.24, 2.45) is 0 Å². The van der Waals surface area contributed by atoms with Crippen LogP contribution in [0.3, 0.4) is 0 Å². The second-order valence-electron chi connectivity index (χ2n) is 19.7. The fourth-order valence-electron chi connectivity index (χ4n) is 8.87. The maximum absolute atomic E-state index is 12.9. The van der Waals surface area contributed by atoms with E-state index in [1.807, 2.05) is 80.6 Å². The van der Waals surface area contributed by atoms with Crippen LogP contribution in [0.2, 0.25) is 5.02 Å². The first-order valence-electron chi connectivity index (χ1n) is 26.6. The van der Waals surface area contributed by atoms with Gasteiger partial charge in [0, 0.05) is 47.8 Å². The Morgan fingerprint density at radius 3 is 1.64 bits per heavy atom. The molecule has 0 atom stereocenters. The number of amides is 2. The van der Waals surface area contributed by atoms with Crippen LogP contribution in [0.25, 0.3) is 10.8 Å². The van der Waals surface area contributed by atoms with Crippen molar-refractivity contribution < 1.29 is 42.6 Å². The van der Waals surface area contributed by atoms with E-state index in [1.54, 1.807) is 18.2 Å². The summed E-state index contributed by atoms with van der Waals surface area (Å²) < 4.78 is 38.8. The van der Waals surface area contributed by atoms with Crippen LogP contribution >= 0.6 is 11.6 Å². The van der Waals surface area contributed by atoms with Crippen LogP contribution in [0.1, 0.15) is 161 Å². The summed E-state index contributed by atoms with van der Waals surface area (Å²) >= 11 is 6.15. The van der Waals surface area contributed by atoms with E-state index in [1.165, 1.54) is 93.2 Å². The number of carbonyl (C=O) groups is 4. The highest BCUT2D eigenvalue weighted by Crippen LogP contribution is 2.32. The molecule has 0 unspecified atom stereocenters. The van der Waals surface area contributed by atoms with Gasteiger partial charge in [-0.3, -0.25) is 9.59 Å². The molecule has 404 valence electrons. The van der Waals surface area contributed by atoms with Gasteiger partial charge in [-0.1, -0.05) is 192 Å². The molecule has 0 saturated heterocycles. The smallest absolute Gasteiger partial charge is 0.416 e. The summed E-state index contributed by atoms with van der Waals surface area (Å²) in [4.78, 5) is 50.8. The van der Waals surface area contributed by atoms with Gasteiger partial charge in [-0.15, -0.1) is 0 Å². The zero-order chi connectivity index (χ0) is 55.8. The fourth-order valence-corrected chi connectivity index (χ4v) is 9.06. The molecule has 2 N–H and O–H groups in total. The second kappa shape index (κ2) is 30.4. The molecular weight excluding hydrogens is 997 g/mol. The van der Waals surface area contributed by atoms with Crippen molar-refractivity contribution >= 4 is 46.1 Å². The topological polar surface area (TPSA) is 115 Å². The van der Waals surface area contributed by atoms with Crippen LogP contribution in [0.5, 0.6) is 0 Å². The maximum Gasteiger partial charge on any atom is 0.416 e. The van der Waals surface area contributed by atoms with Gasteiger partial charge in [-0.25, -0.2) is 9.59 Å². The third kappa shape index (κ3) is 19.3. The highest BCUT2D eigenvalue weighted by atomic mass is 35.5. The number of hydrogen-bond acceptors (Lipinski definition) is 4. The Labute approximate surface area is 457 Å². The summed E-state index contributed by atoms with van der Waals surface area (Å²) in [5.74, 6) is 7.71. The number of aryl methyl sites for hydroxylation is 1. The van der Waals surface area contributed by atoms with Gasteiger partial charge in [-0.2, -0.15) is 13.2 Å². The quantitative estimate of drug-likeness (QED) is 0.0421. The fraction of sp³-hybridized carbons (Fsp3) is 0.354.